The van der Waals surface area contributed by atoms with Crippen LogP contribution >= 0.6 is 0 Å². The highest BCUT2D eigenvalue weighted by Crippen LogP contribution is 2.20. The van der Waals surface area contributed by atoms with Gasteiger partial charge in [0.25, 0.3) is 0 Å². The molecule has 16 heavy (non-hydrogen) atoms. The highest BCUT2D eigenvalue weighted by molar-refractivity contribution is 5.65. The van der Waals surface area contributed by atoms with Gasteiger partial charge in [-0.15, -0.1) is 0 Å². The standard InChI is InChI=1S/C12H15N3O/c1-9(16)7-15-8-11(6-14-15)10-3-2-4-12(13)5-10/h2-6,8-9,16H,7,13H2,1H3. The highest BCUT2D eigenvalue weighted by Gasteiger charge is 2.03. The molecule has 0 saturated carbocycles. The van der Waals surface area contributed by atoms with Crippen molar-refractivity contribution >= 4 is 5.69 Å². The lowest BCUT2D eigenvalue weighted by Crippen LogP contribution is -2.11. The van der Waals surface area contributed by atoms with Crippen molar-refractivity contribution in [1.29, 1.82) is 0 Å². The van der Waals surface area contributed by atoms with Gasteiger partial charge in [-0.1, -0.05) is 12.1 Å². The minimum Gasteiger partial charge on any atom is -0.399 e. The number of rotatable bonds is 3. The summed E-state index contributed by atoms with van der Waals surface area (Å²) in [6.45, 7) is 2.24. The van der Waals surface area contributed by atoms with Crippen LogP contribution in [0.15, 0.2) is 36.7 Å². The van der Waals surface area contributed by atoms with Crippen molar-refractivity contribution in [3.63, 3.8) is 0 Å². The number of anilines is 1. The Morgan fingerprint density at radius 2 is 2.25 bits per heavy atom. The average Bonchev–Trinajstić information content (AvgIpc) is 2.65. The summed E-state index contributed by atoms with van der Waals surface area (Å²) >= 11 is 0. The van der Waals surface area contributed by atoms with Gasteiger partial charge in [0.2, 0.25) is 0 Å². The lowest BCUT2D eigenvalue weighted by atomic mass is 10.1. The molecule has 84 valence electrons. The largest absolute Gasteiger partial charge is 0.399 e. The van der Waals surface area contributed by atoms with E-state index in [2.05, 4.69) is 5.10 Å². The van der Waals surface area contributed by atoms with Gasteiger partial charge in [-0.25, -0.2) is 0 Å². The first-order chi connectivity index (χ1) is 7.65. The van der Waals surface area contributed by atoms with Crippen LogP contribution in [0.4, 0.5) is 5.69 Å². The zero-order valence-corrected chi connectivity index (χ0v) is 9.17. The molecule has 4 heteroatoms. The molecule has 2 aromatic rings. The fourth-order valence-electron chi connectivity index (χ4n) is 1.60. The van der Waals surface area contributed by atoms with Crippen LogP contribution < -0.4 is 5.73 Å². The molecule has 0 saturated heterocycles. The lowest BCUT2D eigenvalue weighted by Gasteiger charge is -2.03. The zero-order chi connectivity index (χ0) is 11.5. The highest BCUT2D eigenvalue weighted by atomic mass is 16.3. The molecule has 0 aliphatic heterocycles. The molecular weight excluding hydrogens is 202 g/mol. The maximum Gasteiger partial charge on any atom is 0.0708 e. The number of hydrogen-bond acceptors (Lipinski definition) is 3. The van der Waals surface area contributed by atoms with Gasteiger partial charge in [-0.2, -0.15) is 5.10 Å². The molecule has 1 aromatic carbocycles. The van der Waals surface area contributed by atoms with Crippen LogP contribution in [-0.2, 0) is 6.54 Å². The van der Waals surface area contributed by atoms with Gasteiger partial charge in [0.05, 0.1) is 18.8 Å². The first-order valence-electron chi connectivity index (χ1n) is 5.21. The maximum absolute atomic E-state index is 9.25. The maximum atomic E-state index is 9.25. The van der Waals surface area contributed by atoms with Crippen molar-refractivity contribution in [3.05, 3.63) is 36.7 Å². The molecule has 0 amide bonds. The Balaban J connectivity index is 2.24. The monoisotopic (exact) mass is 217 g/mol. The van der Waals surface area contributed by atoms with Crippen molar-refractivity contribution < 1.29 is 5.11 Å². The summed E-state index contributed by atoms with van der Waals surface area (Å²) in [4.78, 5) is 0. The molecule has 1 heterocycles. The summed E-state index contributed by atoms with van der Waals surface area (Å²) in [6, 6.07) is 7.66. The summed E-state index contributed by atoms with van der Waals surface area (Å²) < 4.78 is 1.73. The molecule has 1 atom stereocenters. The number of benzene rings is 1. The van der Waals surface area contributed by atoms with Crippen molar-refractivity contribution in [2.24, 2.45) is 0 Å². The number of nitrogens with zero attached hydrogens (tertiary/aromatic N) is 2. The number of aliphatic hydroxyl groups excluding tert-OH is 1. The number of hydrogen-bond donors (Lipinski definition) is 2. The summed E-state index contributed by atoms with van der Waals surface area (Å²) in [5.74, 6) is 0. The van der Waals surface area contributed by atoms with Crippen molar-refractivity contribution in [2.75, 3.05) is 5.73 Å². The Bertz CT molecular complexity index is 477. The Hall–Kier alpha value is -1.81. The van der Waals surface area contributed by atoms with E-state index in [4.69, 9.17) is 5.73 Å². The van der Waals surface area contributed by atoms with Crippen LogP contribution in [0.5, 0.6) is 0 Å². The fourth-order valence-corrected chi connectivity index (χ4v) is 1.60. The van der Waals surface area contributed by atoms with E-state index in [1.165, 1.54) is 0 Å². The van der Waals surface area contributed by atoms with E-state index in [1.54, 1.807) is 17.8 Å². The Morgan fingerprint density at radius 1 is 1.44 bits per heavy atom. The van der Waals surface area contributed by atoms with Crippen molar-refractivity contribution in [1.82, 2.24) is 9.78 Å². The third-order valence-electron chi connectivity index (χ3n) is 2.30. The second-order valence-electron chi connectivity index (χ2n) is 3.93. The Labute approximate surface area is 94.3 Å². The summed E-state index contributed by atoms with van der Waals surface area (Å²) in [5, 5.41) is 13.4. The molecule has 2 rings (SSSR count). The smallest absolute Gasteiger partial charge is 0.0708 e. The van der Waals surface area contributed by atoms with E-state index >= 15 is 0 Å². The van der Waals surface area contributed by atoms with Gasteiger partial charge in [0.15, 0.2) is 0 Å². The van der Waals surface area contributed by atoms with E-state index in [0.29, 0.717) is 6.54 Å². The van der Waals surface area contributed by atoms with Crippen LogP contribution in [0.25, 0.3) is 11.1 Å². The van der Waals surface area contributed by atoms with E-state index in [-0.39, 0.29) is 0 Å². The van der Waals surface area contributed by atoms with Gasteiger partial charge in [0, 0.05) is 17.4 Å². The number of nitrogens with two attached hydrogens (primary N) is 1. The summed E-state index contributed by atoms with van der Waals surface area (Å²) in [6.07, 6.45) is 3.28. The Kier molecular flexibility index (Phi) is 2.92. The van der Waals surface area contributed by atoms with Gasteiger partial charge < -0.3 is 10.8 Å². The van der Waals surface area contributed by atoms with Gasteiger partial charge in [-0.3, -0.25) is 4.68 Å². The van der Waals surface area contributed by atoms with E-state index in [9.17, 15) is 5.11 Å². The minimum absolute atomic E-state index is 0.395. The molecule has 4 nitrogen and oxygen atoms in total. The normalized spacial score (nSPS) is 12.6. The molecule has 0 spiro atoms. The quantitative estimate of drug-likeness (QED) is 0.766. The number of aromatic nitrogens is 2. The molecular formula is C12H15N3O. The predicted molar refractivity (Wildman–Crippen MR) is 63.8 cm³/mol. The third-order valence-corrected chi connectivity index (χ3v) is 2.30. The van der Waals surface area contributed by atoms with E-state index in [0.717, 1.165) is 16.8 Å². The molecule has 1 aromatic heterocycles. The molecule has 1 unspecified atom stereocenters. The number of nitrogen functional groups attached to an aromatic ring is 1. The first-order valence-corrected chi connectivity index (χ1v) is 5.21. The molecule has 0 fully saturated rings. The molecule has 0 aliphatic rings. The first kappa shape index (κ1) is 10.7. The van der Waals surface area contributed by atoms with Crippen LogP contribution in [-0.4, -0.2) is 21.0 Å². The van der Waals surface area contributed by atoms with Crippen molar-refractivity contribution in [3.8, 4) is 11.1 Å². The topological polar surface area (TPSA) is 64.1 Å². The van der Waals surface area contributed by atoms with E-state index < -0.39 is 6.10 Å². The molecule has 0 aliphatic carbocycles. The summed E-state index contributed by atoms with van der Waals surface area (Å²) in [7, 11) is 0. The fraction of sp³-hybridized carbons (Fsp3) is 0.250. The van der Waals surface area contributed by atoms with Gasteiger partial charge in [0.1, 0.15) is 0 Å². The van der Waals surface area contributed by atoms with E-state index in [1.807, 2.05) is 30.5 Å². The van der Waals surface area contributed by atoms with Crippen LogP contribution in [0, 0.1) is 0 Å². The van der Waals surface area contributed by atoms with Crippen LogP contribution in [0.1, 0.15) is 6.92 Å². The lowest BCUT2D eigenvalue weighted by molar-refractivity contribution is 0.168. The predicted octanol–water partition coefficient (Wildman–Crippen LogP) is 1.51. The molecule has 0 radical (unpaired) electrons. The Morgan fingerprint density at radius 3 is 2.94 bits per heavy atom. The van der Waals surface area contributed by atoms with Crippen LogP contribution in [0.3, 0.4) is 0 Å². The van der Waals surface area contributed by atoms with Crippen molar-refractivity contribution in [2.45, 2.75) is 19.6 Å². The van der Waals surface area contributed by atoms with Gasteiger partial charge in [-0.05, 0) is 24.6 Å². The third kappa shape index (κ3) is 2.41. The number of aliphatic hydroxyl groups is 1. The minimum atomic E-state index is -0.395. The molecule has 3 N–H and O–H groups in total. The average molecular weight is 217 g/mol. The van der Waals surface area contributed by atoms with Crippen LogP contribution in [0.2, 0.25) is 0 Å². The second kappa shape index (κ2) is 4.37. The SMILES string of the molecule is CC(O)Cn1cc(-c2cccc(N)c2)cn1. The zero-order valence-electron chi connectivity index (χ0n) is 9.17. The molecule has 0 bridgehead atoms. The summed E-state index contributed by atoms with van der Waals surface area (Å²) in [5.41, 5.74) is 8.50. The van der Waals surface area contributed by atoms with Gasteiger partial charge >= 0.3 is 0 Å². The second-order valence-corrected chi connectivity index (χ2v) is 3.93.